The molecule has 0 aliphatic heterocycles. The first-order valence-corrected chi connectivity index (χ1v) is 8.08. The topological polar surface area (TPSA) is 15.3 Å². The Kier molecular flexibility index (Phi) is 8.35. The van der Waals surface area contributed by atoms with Gasteiger partial charge in [0.05, 0.1) is 0 Å². The molecular formula is C16H27BrN2. The zero-order valence-corrected chi connectivity index (χ0v) is 14.0. The minimum absolute atomic E-state index is 0.446. The third-order valence-corrected chi connectivity index (χ3v) is 4.09. The Bertz CT molecular complexity index is 337. The average molecular weight is 327 g/mol. The molecule has 0 heterocycles. The van der Waals surface area contributed by atoms with Crippen molar-refractivity contribution in [1.82, 2.24) is 10.2 Å². The van der Waals surface area contributed by atoms with E-state index in [4.69, 9.17) is 0 Å². The molecule has 1 atom stereocenters. The fraction of sp³-hybridized carbons (Fsp3) is 0.625. The van der Waals surface area contributed by atoms with Crippen LogP contribution >= 0.6 is 15.9 Å². The minimum Gasteiger partial charge on any atom is -0.313 e. The number of benzene rings is 1. The lowest BCUT2D eigenvalue weighted by atomic mass is 10.0. The van der Waals surface area contributed by atoms with Gasteiger partial charge >= 0.3 is 0 Å². The highest BCUT2D eigenvalue weighted by atomic mass is 79.9. The number of unbranched alkanes of at least 4 members (excludes halogenated alkanes) is 2. The Morgan fingerprint density at radius 3 is 2.42 bits per heavy atom. The second-order valence-corrected chi connectivity index (χ2v) is 6.11. The van der Waals surface area contributed by atoms with E-state index in [1.165, 1.54) is 31.4 Å². The van der Waals surface area contributed by atoms with Crippen LogP contribution in [-0.2, 0) is 0 Å². The van der Waals surface area contributed by atoms with Crippen LogP contribution in [0.5, 0.6) is 0 Å². The number of nitrogens with one attached hydrogen (secondary N) is 1. The van der Waals surface area contributed by atoms with Gasteiger partial charge in [-0.1, -0.05) is 47.8 Å². The first-order valence-electron chi connectivity index (χ1n) is 7.28. The number of hydrogen-bond acceptors (Lipinski definition) is 2. The van der Waals surface area contributed by atoms with E-state index in [9.17, 15) is 0 Å². The predicted octanol–water partition coefficient (Wildman–Crippen LogP) is 4.22. The summed E-state index contributed by atoms with van der Waals surface area (Å²) in [7, 11) is 4.27. The predicted molar refractivity (Wildman–Crippen MR) is 87.6 cm³/mol. The molecule has 0 radical (unpaired) electrons. The molecule has 0 saturated heterocycles. The van der Waals surface area contributed by atoms with Crippen LogP contribution in [0.15, 0.2) is 28.7 Å². The van der Waals surface area contributed by atoms with Gasteiger partial charge in [-0.15, -0.1) is 0 Å². The molecule has 1 N–H and O–H groups in total. The summed E-state index contributed by atoms with van der Waals surface area (Å²) in [5.41, 5.74) is 1.37. The first kappa shape index (κ1) is 16.7. The Hall–Kier alpha value is -0.380. The minimum atomic E-state index is 0.446. The van der Waals surface area contributed by atoms with Gasteiger partial charge in [0.1, 0.15) is 0 Å². The Morgan fingerprint density at radius 1 is 1.16 bits per heavy atom. The van der Waals surface area contributed by atoms with Crippen molar-refractivity contribution < 1.29 is 0 Å². The van der Waals surface area contributed by atoms with Crippen molar-refractivity contribution in [2.24, 2.45) is 0 Å². The van der Waals surface area contributed by atoms with Gasteiger partial charge in [-0.3, -0.25) is 0 Å². The van der Waals surface area contributed by atoms with Crippen LogP contribution in [0.1, 0.15) is 44.2 Å². The molecular weight excluding hydrogens is 300 g/mol. The molecule has 0 aromatic heterocycles. The molecule has 108 valence electrons. The summed E-state index contributed by atoms with van der Waals surface area (Å²) in [5.74, 6) is 0. The van der Waals surface area contributed by atoms with E-state index >= 15 is 0 Å². The number of nitrogens with zero attached hydrogens (tertiary/aromatic N) is 1. The van der Waals surface area contributed by atoms with E-state index in [-0.39, 0.29) is 0 Å². The SMILES string of the molecule is CCCCCN(C)CCC(NC)c1ccc(Br)cc1. The van der Waals surface area contributed by atoms with Crippen molar-refractivity contribution in [2.75, 3.05) is 27.2 Å². The quantitative estimate of drug-likeness (QED) is 0.683. The zero-order valence-electron chi connectivity index (χ0n) is 12.5. The highest BCUT2D eigenvalue weighted by Crippen LogP contribution is 2.19. The Morgan fingerprint density at radius 2 is 1.84 bits per heavy atom. The maximum Gasteiger partial charge on any atom is 0.0329 e. The van der Waals surface area contributed by atoms with Crippen molar-refractivity contribution in [2.45, 2.75) is 38.6 Å². The fourth-order valence-electron chi connectivity index (χ4n) is 2.27. The van der Waals surface area contributed by atoms with Crippen molar-refractivity contribution >= 4 is 15.9 Å². The molecule has 3 heteroatoms. The zero-order chi connectivity index (χ0) is 14.1. The van der Waals surface area contributed by atoms with Crippen molar-refractivity contribution in [3.05, 3.63) is 34.3 Å². The maximum atomic E-state index is 3.49. The molecule has 19 heavy (non-hydrogen) atoms. The Labute approximate surface area is 126 Å². The molecule has 0 fully saturated rings. The van der Waals surface area contributed by atoms with Crippen LogP contribution in [0.3, 0.4) is 0 Å². The Balaban J connectivity index is 2.38. The van der Waals surface area contributed by atoms with E-state index in [0.29, 0.717) is 6.04 Å². The second-order valence-electron chi connectivity index (χ2n) is 5.19. The lowest BCUT2D eigenvalue weighted by molar-refractivity contribution is 0.304. The number of rotatable bonds is 9. The smallest absolute Gasteiger partial charge is 0.0329 e. The molecule has 0 amide bonds. The standard InChI is InChI=1S/C16H27BrN2/c1-4-5-6-12-19(3)13-11-16(18-2)14-7-9-15(17)10-8-14/h7-10,16,18H,4-6,11-13H2,1-3H3. The number of hydrogen-bond donors (Lipinski definition) is 1. The van der Waals surface area contributed by atoms with Gasteiger partial charge in [0.25, 0.3) is 0 Å². The molecule has 1 aromatic carbocycles. The fourth-order valence-corrected chi connectivity index (χ4v) is 2.53. The van der Waals surface area contributed by atoms with E-state index in [1.54, 1.807) is 0 Å². The molecule has 1 aromatic rings. The summed E-state index contributed by atoms with van der Waals surface area (Å²) in [6.45, 7) is 4.61. The summed E-state index contributed by atoms with van der Waals surface area (Å²) in [4.78, 5) is 2.44. The van der Waals surface area contributed by atoms with Crippen molar-refractivity contribution in [1.29, 1.82) is 0 Å². The van der Waals surface area contributed by atoms with Crippen LogP contribution < -0.4 is 5.32 Å². The maximum absolute atomic E-state index is 3.49. The highest BCUT2D eigenvalue weighted by molar-refractivity contribution is 9.10. The molecule has 0 bridgehead atoms. The summed E-state index contributed by atoms with van der Waals surface area (Å²) in [6, 6.07) is 9.07. The number of halogens is 1. The van der Waals surface area contributed by atoms with Crippen LogP contribution in [0.2, 0.25) is 0 Å². The monoisotopic (exact) mass is 326 g/mol. The van der Waals surface area contributed by atoms with Crippen molar-refractivity contribution in [3.8, 4) is 0 Å². The van der Waals surface area contributed by atoms with E-state index in [2.05, 4.69) is 64.4 Å². The normalized spacial score (nSPS) is 12.9. The molecule has 0 aliphatic rings. The van der Waals surface area contributed by atoms with E-state index in [1.807, 2.05) is 7.05 Å². The first-order chi connectivity index (χ1) is 9.17. The molecule has 0 saturated carbocycles. The molecule has 0 aliphatic carbocycles. The third kappa shape index (κ3) is 6.55. The van der Waals surface area contributed by atoms with Gasteiger partial charge in [-0.25, -0.2) is 0 Å². The van der Waals surface area contributed by atoms with Crippen LogP contribution in [0, 0.1) is 0 Å². The van der Waals surface area contributed by atoms with Gasteiger partial charge in [0, 0.05) is 10.5 Å². The lowest BCUT2D eigenvalue weighted by Gasteiger charge is -2.22. The molecule has 0 spiro atoms. The largest absolute Gasteiger partial charge is 0.313 e. The van der Waals surface area contributed by atoms with Gasteiger partial charge in [0.2, 0.25) is 0 Å². The third-order valence-electron chi connectivity index (χ3n) is 3.56. The van der Waals surface area contributed by atoms with Crippen LogP contribution in [0.25, 0.3) is 0 Å². The molecule has 1 rings (SSSR count). The second kappa shape index (κ2) is 9.51. The van der Waals surface area contributed by atoms with Gasteiger partial charge in [-0.2, -0.15) is 0 Å². The highest BCUT2D eigenvalue weighted by Gasteiger charge is 2.10. The van der Waals surface area contributed by atoms with E-state index in [0.717, 1.165) is 17.4 Å². The summed E-state index contributed by atoms with van der Waals surface area (Å²) in [5, 5.41) is 3.42. The average Bonchev–Trinajstić information content (AvgIpc) is 2.41. The van der Waals surface area contributed by atoms with Gasteiger partial charge in [0.15, 0.2) is 0 Å². The molecule has 1 unspecified atom stereocenters. The van der Waals surface area contributed by atoms with Gasteiger partial charge < -0.3 is 10.2 Å². The van der Waals surface area contributed by atoms with Gasteiger partial charge in [-0.05, 0) is 57.7 Å². The summed E-state index contributed by atoms with van der Waals surface area (Å²) >= 11 is 3.49. The van der Waals surface area contributed by atoms with E-state index < -0.39 is 0 Å². The summed E-state index contributed by atoms with van der Waals surface area (Å²) in [6.07, 6.45) is 5.11. The van der Waals surface area contributed by atoms with Crippen LogP contribution in [0.4, 0.5) is 0 Å². The van der Waals surface area contributed by atoms with Crippen LogP contribution in [-0.4, -0.2) is 32.1 Å². The lowest BCUT2D eigenvalue weighted by Crippen LogP contribution is -2.26. The van der Waals surface area contributed by atoms with Crippen molar-refractivity contribution in [3.63, 3.8) is 0 Å². The molecule has 2 nitrogen and oxygen atoms in total. The summed E-state index contributed by atoms with van der Waals surface area (Å²) < 4.78 is 1.14.